The first-order valence-corrected chi connectivity index (χ1v) is 6.24. The predicted molar refractivity (Wildman–Crippen MR) is 62.0 cm³/mol. The number of hydrogen-bond donors (Lipinski definition) is 1. The average Bonchev–Trinajstić information content (AvgIpc) is 2.59. The van der Waals surface area contributed by atoms with Crippen molar-refractivity contribution in [1.82, 2.24) is 10.2 Å². The van der Waals surface area contributed by atoms with Gasteiger partial charge in [-0.05, 0) is 31.2 Å². The van der Waals surface area contributed by atoms with Gasteiger partial charge < -0.3 is 15.0 Å². The second kappa shape index (κ2) is 5.28. The Balaban J connectivity index is 1.76. The average molecular weight is 212 g/mol. The second-order valence-corrected chi connectivity index (χ2v) is 5.24. The normalized spacial score (nSPS) is 34.0. The quantitative estimate of drug-likeness (QED) is 0.751. The van der Waals surface area contributed by atoms with Crippen LogP contribution in [0.15, 0.2) is 0 Å². The van der Waals surface area contributed by atoms with Gasteiger partial charge in [0.2, 0.25) is 0 Å². The van der Waals surface area contributed by atoms with Crippen LogP contribution in [-0.4, -0.2) is 50.8 Å². The van der Waals surface area contributed by atoms with Crippen molar-refractivity contribution in [2.45, 2.75) is 25.8 Å². The van der Waals surface area contributed by atoms with Gasteiger partial charge >= 0.3 is 0 Å². The molecule has 2 aliphatic rings. The third kappa shape index (κ3) is 2.92. The monoisotopic (exact) mass is 212 g/mol. The maximum absolute atomic E-state index is 5.19. The fourth-order valence-electron chi connectivity index (χ4n) is 3.06. The van der Waals surface area contributed by atoms with E-state index < -0.39 is 0 Å². The first-order chi connectivity index (χ1) is 7.29. The maximum atomic E-state index is 5.19. The lowest BCUT2D eigenvalue weighted by Gasteiger charge is -2.24. The molecule has 15 heavy (non-hydrogen) atoms. The Kier molecular flexibility index (Phi) is 4.00. The van der Waals surface area contributed by atoms with E-state index in [0.717, 1.165) is 18.6 Å². The molecule has 0 spiro atoms. The van der Waals surface area contributed by atoms with E-state index in [-0.39, 0.29) is 0 Å². The zero-order chi connectivity index (χ0) is 10.7. The smallest absolute Gasteiger partial charge is 0.0500 e. The van der Waals surface area contributed by atoms with E-state index in [1.807, 2.05) is 0 Å². The lowest BCUT2D eigenvalue weighted by molar-refractivity contribution is 0.135. The van der Waals surface area contributed by atoms with E-state index in [0.29, 0.717) is 5.92 Å². The molecule has 0 aromatic carbocycles. The van der Waals surface area contributed by atoms with E-state index in [4.69, 9.17) is 4.74 Å². The lowest BCUT2D eigenvalue weighted by Crippen LogP contribution is -2.40. The highest BCUT2D eigenvalue weighted by atomic mass is 16.5. The number of nitrogens with one attached hydrogen (secondary N) is 1. The molecule has 0 bridgehead atoms. The molecule has 2 aliphatic heterocycles. The summed E-state index contributed by atoms with van der Waals surface area (Å²) in [6.07, 6.45) is 2.79. The maximum Gasteiger partial charge on any atom is 0.0500 e. The molecule has 2 rings (SSSR count). The summed E-state index contributed by atoms with van der Waals surface area (Å²) >= 11 is 0. The number of rotatable bonds is 4. The summed E-state index contributed by atoms with van der Waals surface area (Å²) < 4.78 is 5.19. The number of ether oxygens (including phenoxy) is 1. The van der Waals surface area contributed by atoms with Crippen LogP contribution in [0.2, 0.25) is 0 Å². The molecule has 1 N–H and O–H groups in total. The van der Waals surface area contributed by atoms with Gasteiger partial charge in [-0.25, -0.2) is 0 Å². The van der Waals surface area contributed by atoms with Crippen molar-refractivity contribution >= 4 is 0 Å². The number of likely N-dealkylation sites (tertiary alicyclic amines) is 1. The number of hydrogen-bond acceptors (Lipinski definition) is 3. The van der Waals surface area contributed by atoms with Gasteiger partial charge in [0, 0.05) is 39.4 Å². The summed E-state index contributed by atoms with van der Waals surface area (Å²) in [6.45, 7) is 8.13. The molecule has 2 heterocycles. The lowest BCUT2D eigenvalue weighted by atomic mass is 9.94. The number of nitrogens with zero attached hydrogens (tertiary/aromatic N) is 1. The summed E-state index contributed by atoms with van der Waals surface area (Å²) in [4.78, 5) is 2.61. The Hall–Kier alpha value is -0.120. The Morgan fingerprint density at radius 3 is 3.07 bits per heavy atom. The van der Waals surface area contributed by atoms with Gasteiger partial charge in [0.25, 0.3) is 0 Å². The van der Waals surface area contributed by atoms with Gasteiger partial charge in [0.15, 0.2) is 0 Å². The third-order valence-electron chi connectivity index (χ3n) is 3.70. The molecule has 0 aliphatic carbocycles. The van der Waals surface area contributed by atoms with E-state index in [2.05, 4.69) is 17.1 Å². The van der Waals surface area contributed by atoms with E-state index >= 15 is 0 Å². The molecule has 88 valence electrons. The molecule has 2 saturated heterocycles. The summed E-state index contributed by atoms with van der Waals surface area (Å²) in [6, 6.07) is 0.772. The summed E-state index contributed by atoms with van der Waals surface area (Å²) in [5.41, 5.74) is 0. The van der Waals surface area contributed by atoms with Crippen LogP contribution >= 0.6 is 0 Å². The standard InChI is InChI=1S/C12H24N2O/c1-10(9-15-2)6-14-7-11-4-3-5-13-12(11)8-14/h10-13H,3-9H2,1-2H3. The molecule has 0 radical (unpaired) electrons. The van der Waals surface area contributed by atoms with Gasteiger partial charge in [0.05, 0.1) is 0 Å². The second-order valence-electron chi connectivity index (χ2n) is 5.24. The molecular weight excluding hydrogens is 188 g/mol. The molecule has 0 saturated carbocycles. The molecule has 3 nitrogen and oxygen atoms in total. The van der Waals surface area contributed by atoms with Crippen molar-refractivity contribution < 1.29 is 4.74 Å². The molecule has 0 aromatic heterocycles. The van der Waals surface area contributed by atoms with Crippen molar-refractivity contribution in [3.8, 4) is 0 Å². The van der Waals surface area contributed by atoms with Crippen molar-refractivity contribution in [3.05, 3.63) is 0 Å². The van der Waals surface area contributed by atoms with Crippen molar-refractivity contribution in [1.29, 1.82) is 0 Å². The topological polar surface area (TPSA) is 24.5 Å². The minimum absolute atomic E-state index is 0.662. The number of fused-ring (bicyclic) bond motifs is 1. The number of methoxy groups -OCH3 is 1. The van der Waals surface area contributed by atoms with Crippen molar-refractivity contribution in [2.24, 2.45) is 11.8 Å². The molecular formula is C12H24N2O. The van der Waals surface area contributed by atoms with Gasteiger partial charge in [-0.1, -0.05) is 6.92 Å². The summed E-state index contributed by atoms with van der Waals surface area (Å²) in [7, 11) is 1.79. The number of piperidine rings is 1. The Labute approximate surface area is 93.2 Å². The Bertz CT molecular complexity index is 184. The van der Waals surface area contributed by atoms with Gasteiger partial charge in [-0.3, -0.25) is 0 Å². The first-order valence-electron chi connectivity index (χ1n) is 6.24. The summed E-state index contributed by atoms with van der Waals surface area (Å²) in [5, 5.41) is 3.64. The van der Waals surface area contributed by atoms with Crippen LogP contribution in [0.5, 0.6) is 0 Å². The van der Waals surface area contributed by atoms with Crippen LogP contribution in [0.3, 0.4) is 0 Å². The predicted octanol–water partition coefficient (Wildman–Crippen LogP) is 0.953. The molecule has 0 aromatic rings. The molecule has 3 atom stereocenters. The largest absolute Gasteiger partial charge is 0.384 e. The zero-order valence-corrected chi connectivity index (χ0v) is 10.0. The van der Waals surface area contributed by atoms with E-state index in [1.54, 1.807) is 7.11 Å². The van der Waals surface area contributed by atoms with Gasteiger partial charge in [-0.2, -0.15) is 0 Å². The van der Waals surface area contributed by atoms with Crippen LogP contribution in [0, 0.1) is 11.8 Å². The Morgan fingerprint density at radius 2 is 2.33 bits per heavy atom. The highest BCUT2D eigenvalue weighted by molar-refractivity contribution is 4.91. The summed E-state index contributed by atoms with van der Waals surface area (Å²) in [5.74, 6) is 1.57. The highest BCUT2D eigenvalue weighted by Gasteiger charge is 2.34. The van der Waals surface area contributed by atoms with Gasteiger partial charge in [-0.15, -0.1) is 0 Å². The van der Waals surface area contributed by atoms with Crippen LogP contribution in [0.1, 0.15) is 19.8 Å². The highest BCUT2D eigenvalue weighted by Crippen LogP contribution is 2.25. The minimum Gasteiger partial charge on any atom is -0.384 e. The molecule has 3 unspecified atom stereocenters. The van der Waals surface area contributed by atoms with Gasteiger partial charge in [0.1, 0.15) is 0 Å². The van der Waals surface area contributed by atoms with Crippen LogP contribution in [-0.2, 0) is 4.74 Å². The molecule has 2 fully saturated rings. The third-order valence-corrected chi connectivity index (χ3v) is 3.70. The van der Waals surface area contributed by atoms with E-state index in [1.165, 1.54) is 39.0 Å². The Morgan fingerprint density at radius 1 is 1.47 bits per heavy atom. The fourth-order valence-corrected chi connectivity index (χ4v) is 3.06. The van der Waals surface area contributed by atoms with Crippen LogP contribution in [0.4, 0.5) is 0 Å². The zero-order valence-electron chi connectivity index (χ0n) is 10.0. The van der Waals surface area contributed by atoms with Crippen LogP contribution in [0.25, 0.3) is 0 Å². The van der Waals surface area contributed by atoms with Crippen molar-refractivity contribution in [3.63, 3.8) is 0 Å². The van der Waals surface area contributed by atoms with Crippen LogP contribution < -0.4 is 5.32 Å². The van der Waals surface area contributed by atoms with Crippen molar-refractivity contribution in [2.75, 3.05) is 39.9 Å². The molecule has 0 amide bonds. The van der Waals surface area contributed by atoms with E-state index in [9.17, 15) is 0 Å². The SMILES string of the molecule is COCC(C)CN1CC2CCCNC2C1. The molecule has 3 heteroatoms. The first kappa shape index (κ1) is 11.4. The fraction of sp³-hybridized carbons (Fsp3) is 1.00. The minimum atomic E-state index is 0.662.